The van der Waals surface area contributed by atoms with Gasteiger partial charge in [0, 0.05) is 19.3 Å². The summed E-state index contributed by atoms with van der Waals surface area (Å²) < 4.78 is 1.83. The van der Waals surface area contributed by atoms with Gasteiger partial charge in [0.15, 0.2) is 5.65 Å². The first-order chi connectivity index (χ1) is 8.81. The highest BCUT2D eigenvalue weighted by Crippen LogP contribution is 2.08. The third kappa shape index (κ3) is 2.46. The van der Waals surface area contributed by atoms with Crippen LogP contribution in [0.15, 0.2) is 18.3 Å². The minimum absolute atomic E-state index is 0.722. The maximum atomic E-state index is 4.44. The summed E-state index contributed by atoms with van der Waals surface area (Å²) in [6.07, 6.45) is 4.67. The molecule has 0 bridgehead atoms. The molecule has 5 heteroatoms. The summed E-state index contributed by atoms with van der Waals surface area (Å²) in [5.74, 6) is 0.722. The maximum absolute atomic E-state index is 4.44. The normalized spacial score (nSPS) is 16.5. The zero-order valence-corrected chi connectivity index (χ0v) is 10.8. The van der Waals surface area contributed by atoms with Crippen molar-refractivity contribution < 1.29 is 0 Å². The molecule has 0 aromatic carbocycles. The van der Waals surface area contributed by atoms with E-state index in [0.717, 1.165) is 24.7 Å². The topological polar surface area (TPSA) is 45.5 Å². The number of anilines is 1. The fraction of sp³-hybridized carbons (Fsp3) is 0.538. The molecule has 3 rings (SSSR count). The molecule has 2 aromatic rings. The third-order valence-electron chi connectivity index (χ3n) is 3.39. The summed E-state index contributed by atoms with van der Waals surface area (Å²) in [7, 11) is 0. The minimum Gasteiger partial charge on any atom is -0.352 e. The molecule has 1 saturated heterocycles. The van der Waals surface area contributed by atoms with Crippen LogP contribution in [0.2, 0.25) is 0 Å². The molecule has 0 atom stereocenters. The lowest BCUT2D eigenvalue weighted by atomic mass is 10.3. The molecule has 18 heavy (non-hydrogen) atoms. The molecule has 3 heterocycles. The number of nitrogens with zero attached hydrogens (tertiary/aromatic N) is 4. The Bertz CT molecular complexity index is 527. The third-order valence-corrected chi connectivity index (χ3v) is 3.39. The summed E-state index contributed by atoms with van der Waals surface area (Å²) in [6.45, 7) is 6.52. The number of fused-ring (bicyclic) bond motifs is 1. The highest BCUT2D eigenvalue weighted by atomic mass is 15.3. The van der Waals surface area contributed by atoms with Gasteiger partial charge >= 0.3 is 0 Å². The van der Waals surface area contributed by atoms with Crippen molar-refractivity contribution in [2.45, 2.75) is 19.8 Å². The zero-order valence-electron chi connectivity index (χ0n) is 10.8. The molecule has 0 unspecified atom stereocenters. The Labute approximate surface area is 107 Å². The first kappa shape index (κ1) is 11.5. The van der Waals surface area contributed by atoms with Crippen molar-refractivity contribution in [2.75, 3.05) is 31.5 Å². The Balaban J connectivity index is 1.60. The standard InChI is InChI=1S/C13H19N5/c1-11-4-5-12-15-13(16-18(12)10-11)14-6-9-17-7-2-3-8-17/h4-5,10H,2-3,6-9H2,1H3,(H,14,16). The van der Waals surface area contributed by atoms with Crippen LogP contribution >= 0.6 is 0 Å². The van der Waals surface area contributed by atoms with Crippen molar-refractivity contribution in [3.05, 3.63) is 23.9 Å². The quantitative estimate of drug-likeness (QED) is 0.887. The Morgan fingerprint density at radius 2 is 2.11 bits per heavy atom. The van der Waals surface area contributed by atoms with Gasteiger partial charge in [0.1, 0.15) is 0 Å². The summed E-state index contributed by atoms with van der Waals surface area (Å²) in [4.78, 5) is 6.92. The van der Waals surface area contributed by atoms with Crippen molar-refractivity contribution in [1.82, 2.24) is 19.5 Å². The van der Waals surface area contributed by atoms with E-state index in [9.17, 15) is 0 Å². The maximum Gasteiger partial charge on any atom is 0.243 e. The van der Waals surface area contributed by atoms with Gasteiger partial charge in [-0.2, -0.15) is 4.98 Å². The molecule has 5 nitrogen and oxygen atoms in total. The first-order valence-corrected chi connectivity index (χ1v) is 6.60. The number of nitrogens with one attached hydrogen (secondary N) is 1. The summed E-state index contributed by atoms with van der Waals surface area (Å²) in [5.41, 5.74) is 2.08. The largest absolute Gasteiger partial charge is 0.352 e. The minimum atomic E-state index is 0.722. The number of pyridine rings is 1. The lowest BCUT2D eigenvalue weighted by molar-refractivity contribution is 0.352. The molecular formula is C13H19N5. The predicted molar refractivity (Wildman–Crippen MR) is 71.9 cm³/mol. The van der Waals surface area contributed by atoms with Gasteiger partial charge in [-0.15, -0.1) is 5.10 Å². The van der Waals surface area contributed by atoms with Crippen LogP contribution in [-0.2, 0) is 0 Å². The van der Waals surface area contributed by atoms with Crippen LogP contribution in [0.5, 0.6) is 0 Å². The number of aryl methyl sites for hydroxylation is 1. The first-order valence-electron chi connectivity index (χ1n) is 6.60. The molecule has 0 amide bonds. The number of hydrogen-bond donors (Lipinski definition) is 1. The van der Waals surface area contributed by atoms with Crippen LogP contribution < -0.4 is 5.32 Å². The highest BCUT2D eigenvalue weighted by molar-refractivity contribution is 5.44. The van der Waals surface area contributed by atoms with E-state index < -0.39 is 0 Å². The SMILES string of the molecule is Cc1ccc2nc(NCCN3CCCC3)nn2c1. The highest BCUT2D eigenvalue weighted by Gasteiger charge is 2.10. The summed E-state index contributed by atoms with van der Waals surface area (Å²) in [6, 6.07) is 4.05. The van der Waals surface area contributed by atoms with Crippen molar-refractivity contribution >= 4 is 11.6 Å². The van der Waals surface area contributed by atoms with Crippen LogP contribution in [0, 0.1) is 6.92 Å². The summed E-state index contributed by atoms with van der Waals surface area (Å²) >= 11 is 0. The van der Waals surface area contributed by atoms with Gasteiger partial charge in [-0.25, -0.2) is 4.52 Å². The second kappa shape index (κ2) is 4.94. The molecule has 0 radical (unpaired) electrons. The van der Waals surface area contributed by atoms with Gasteiger partial charge in [-0.1, -0.05) is 6.07 Å². The van der Waals surface area contributed by atoms with E-state index in [1.165, 1.54) is 31.5 Å². The van der Waals surface area contributed by atoms with Crippen LogP contribution in [0.4, 0.5) is 5.95 Å². The van der Waals surface area contributed by atoms with Crippen LogP contribution in [0.1, 0.15) is 18.4 Å². The fourth-order valence-electron chi connectivity index (χ4n) is 2.39. The average molecular weight is 245 g/mol. The molecule has 1 aliphatic rings. The number of rotatable bonds is 4. The molecular weight excluding hydrogens is 226 g/mol. The van der Waals surface area contributed by atoms with Gasteiger partial charge in [0.05, 0.1) is 0 Å². The second-order valence-electron chi connectivity index (χ2n) is 4.92. The molecule has 0 saturated carbocycles. The molecule has 1 fully saturated rings. The molecule has 2 aromatic heterocycles. The molecule has 1 aliphatic heterocycles. The van der Waals surface area contributed by atoms with E-state index in [1.54, 1.807) is 0 Å². The molecule has 0 aliphatic carbocycles. The van der Waals surface area contributed by atoms with Gasteiger partial charge in [0.2, 0.25) is 5.95 Å². The molecule has 96 valence electrons. The average Bonchev–Trinajstić information content (AvgIpc) is 2.97. The van der Waals surface area contributed by atoms with E-state index in [1.807, 2.05) is 16.8 Å². The molecule has 1 N–H and O–H groups in total. The van der Waals surface area contributed by atoms with Crippen LogP contribution in [-0.4, -0.2) is 45.7 Å². The molecule has 0 spiro atoms. The van der Waals surface area contributed by atoms with Crippen LogP contribution in [0.3, 0.4) is 0 Å². The van der Waals surface area contributed by atoms with Gasteiger partial charge < -0.3 is 10.2 Å². The van der Waals surface area contributed by atoms with Crippen LogP contribution in [0.25, 0.3) is 5.65 Å². The van der Waals surface area contributed by atoms with E-state index in [4.69, 9.17) is 0 Å². The Morgan fingerprint density at radius 3 is 2.94 bits per heavy atom. The van der Waals surface area contributed by atoms with Gasteiger partial charge in [0.25, 0.3) is 0 Å². The van der Waals surface area contributed by atoms with Crippen molar-refractivity contribution in [3.8, 4) is 0 Å². The number of aromatic nitrogens is 3. The lowest BCUT2D eigenvalue weighted by Gasteiger charge is -2.13. The second-order valence-corrected chi connectivity index (χ2v) is 4.92. The van der Waals surface area contributed by atoms with Gasteiger partial charge in [-0.05, 0) is 44.5 Å². The number of likely N-dealkylation sites (tertiary alicyclic amines) is 1. The predicted octanol–water partition coefficient (Wildman–Crippen LogP) is 1.55. The van der Waals surface area contributed by atoms with Crippen molar-refractivity contribution in [2.24, 2.45) is 0 Å². The summed E-state index contributed by atoms with van der Waals surface area (Å²) in [5, 5.41) is 7.71. The smallest absolute Gasteiger partial charge is 0.243 e. The van der Waals surface area contributed by atoms with E-state index >= 15 is 0 Å². The van der Waals surface area contributed by atoms with Crippen molar-refractivity contribution in [1.29, 1.82) is 0 Å². The van der Waals surface area contributed by atoms with E-state index in [2.05, 4.69) is 33.3 Å². The zero-order chi connectivity index (χ0) is 12.4. The van der Waals surface area contributed by atoms with E-state index in [0.29, 0.717) is 0 Å². The Hall–Kier alpha value is -1.62. The lowest BCUT2D eigenvalue weighted by Crippen LogP contribution is -2.26. The van der Waals surface area contributed by atoms with Gasteiger partial charge in [-0.3, -0.25) is 0 Å². The van der Waals surface area contributed by atoms with Crippen molar-refractivity contribution in [3.63, 3.8) is 0 Å². The number of hydrogen-bond acceptors (Lipinski definition) is 4. The fourth-order valence-corrected chi connectivity index (χ4v) is 2.39. The van der Waals surface area contributed by atoms with E-state index in [-0.39, 0.29) is 0 Å². The Morgan fingerprint density at radius 1 is 1.28 bits per heavy atom. The Kier molecular flexibility index (Phi) is 3.15. The monoisotopic (exact) mass is 245 g/mol.